The van der Waals surface area contributed by atoms with Gasteiger partial charge in [0.2, 0.25) is 11.9 Å². The van der Waals surface area contributed by atoms with Crippen molar-refractivity contribution < 1.29 is 9.59 Å². The number of carbonyl (C=O) groups is 2. The smallest absolute Gasteiger partial charge is 0.255 e. The Bertz CT molecular complexity index is 1610. The van der Waals surface area contributed by atoms with Gasteiger partial charge in [0.25, 0.3) is 5.91 Å². The number of nitrogens with one attached hydrogen (secondary N) is 2. The van der Waals surface area contributed by atoms with Crippen molar-refractivity contribution in [1.82, 2.24) is 9.97 Å². The zero-order valence-corrected chi connectivity index (χ0v) is 22.1. The number of aromatic nitrogens is 2. The van der Waals surface area contributed by atoms with E-state index in [0.29, 0.717) is 29.8 Å². The van der Waals surface area contributed by atoms with Crippen molar-refractivity contribution in [2.24, 2.45) is 0 Å². The number of hydrogen-bond acceptors (Lipinski definition) is 5. The summed E-state index contributed by atoms with van der Waals surface area (Å²) < 4.78 is 0. The highest BCUT2D eigenvalue weighted by atomic mass is 16.2. The molecule has 38 heavy (non-hydrogen) atoms. The van der Waals surface area contributed by atoms with Gasteiger partial charge in [-0.15, -0.1) is 0 Å². The van der Waals surface area contributed by atoms with E-state index < -0.39 is 0 Å². The molecule has 4 aromatic rings. The minimum Gasteiger partial charge on any atom is -0.351 e. The van der Waals surface area contributed by atoms with E-state index in [0.717, 1.165) is 38.8 Å². The van der Waals surface area contributed by atoms with Gasteiger partial charge >= 0.3 is 0 Å². The number of rotatable bonds is 5. The molecule has 2 N–H and O–H groups in total. The van der Waals surface area contributed by atoms with E-state index in [2.05, 4.69) is 40.5 Å². The van der Waals surface area contributed by atoms with Gasteiger partial charge in [-0.3, -0.25) is 9.59 Å². The average Bonchev–Trinajstić information content (AvgIpc) is 3.66. The first-order chi connectivity index (χ1) is 18.2. The monoisotopic (exact) mass is 505 g/mol. The van der Waals surface area contributed by atoms with Crippen LogP contribution < -0.4 is 15.5 Å². The van der Waals surface area contributed by atoms with Crippen LogP contribution in [0.2, 0.25) is 0 Å². The normalized spacial score (nSPS) is 15.8. The summed E-state index contributed by atoms with van der Waals surface area (Å²) in [5.41, 5.74) is 7.02. The summed E-state index contributed by atoms with van der Waals surface area (Å²) in [7, 11) is 0. The number of benzene rings is 3. The zero-order chi connectivity index (χ0) is 26.6. The molecule has 1 saturated carbocycles. The molecule has 0 unspecified atom stereocenters. The van der Waals surface area contributed by atoms with E-state index >= 15 is 0 Å². The second-order valence-corrected chi connectivity index (χ2v) is 11.1. The molecule has 7 heteroatoms. The first kappa shape index (κ1) is 24.1. The quantitative estimate of drug-likeness (QED) is 0.343. The van der Waals surface area contributed by atoms with Crippen LogP contribution in [0.15, 0.2) is 60.8 Å². The molecular weight excluding hydrogens is 474 g/mol. The SMILES string of the molecule is CC(=O)N1CC(C)(C)c2ccc(NC(=O)c3ccc(C)c(-c4ccc5nc(NC6CC6)ncc5c4)c3)cc21. The average molecular weight is 506 g/mol. The van der Waals surface area contributed by atoms with Gasteiger partial charge in [-0.05, 0) is 78.4 Å². The van der Waals surface area contributed by atoms with Crippen LogP contribution in [0.1, 0.15) is 55.1 Å². The number of nitrogens with zero attached hydrogens (tertiary/aromatic N) is 3. The van der Waals surface area contributed by atoms with Crippen molar-refractivity contribution in [1.29, 1.82) is 0 Å². The minimum absolute atomic E-state index is 0.000312. The van der Waals surface area contributed by atoms with Crippen molar-refractivity contribution >= 4 is 40.0 Å². The molecule has 0 spiro atoms. The topological polar surface area (TPSA) is 87.2 Å². The van der Waals surface area contributed by atoms with Gasteiger partial charge in [0.15, 0.2) is 0 Å². The van der Waals surface area contributed by atoms with Gasteiger partial charge in [0.05, 0.1) is 5.52 Å². The second-order valence-electron chi connectivity index (χ2n) is 11.1. The van der Waals surface area contributed by atoms with Crippen molar-refractivity contribution in [3.8, 4) is 11.1 Å². The first-order valence-corrected chi connectivity index (χ1v) is 13.1. The summed E-state index contributed by atoms with van der Waals surface area (Å²) in [6, 6.07) is 18.2. The van der Waals surface area contributed by atoms with E-state index in [-0.39, 0.29) is 17.2 Å². The Morgan fingerprint density at radius 1 is 1.03 bits per heavy atom. The van der Waals surface area contributed by atoms with Gasteiger partial charge in [0, 0.05) is 53.4 Å². The highest BCUT2D eigenvalue weighted by Crippen LogP contribution is 2.42. The lowest BCUT2D eigenvalue weighted by Gasteiger charge is -2.19. The highest BCUT2D eigenvalue weighted by Gasteiger charge is 2.37. The van der Waals surface area contributed by atoms with Crippen LogP contribution in [-0.2, 0) is 10.2 Å². The van der Waals surface area contributed by atoms with Crippen LogP contribution in [0.25, 0.3) is 22.0 Å². The second kappa shape index (κ2) is 8.94. The number of carbonyl (C=O) groups excluding carboxylic acids is 2. The van der Waals surface area contributed by atoms with Gasteiger partial charge in [-0.25, -0.2) is 9.97 Å². The third kappa shape index (κ3) is 4.49. The lowest BCUT2D eigenvalue weighted by molar-refractivity contribution is -0.116. The molecular formula is C31H31N5O2. The number of fused-ring (bicyclic) bond motifs is 2. The maximum atomic E-state index is 13.3. The third-order valence-corrected chi connectivity index (χ3v) is 7.51. The number of aryl methyl sites for hydroxylation is 1. The molecule has 1 aliphatic heterocycles. The molecule has 2 aliphatic rings. The van der Waals surface area contributed by atoms with Gasteiger partial charge in [-0.1, -0.05) is 32.0 Å². The Hall–Kier alpha value is -4.26. The maximum absolute atomic E-state index is 13.3. The Morgan fingerprint density at radius 2 is 1.84 bits per heavy atom. The van der Waals surface area contributed by atoms with E-state index in [9.17, 15) is 9.59 Å². The molecule has 0 bridgehead atoms. The molecule has 0 saturated heterocycles. The Kier molecular flexibility index (Phi) is 5.67. The Morgan fingerprint density at radius 3 is 2.61 bits per heavy atom. The highest BCUT2D eigenvalue weighted by molar-refractivity contribution is 6.06. The molecule has 0 radical (unpaired) electrons. The minimum atomic E-state index is -0.197. The summed E-state index contributed by atoms with van der Waals surface area (Å²) >= 11 is 0. The molecule has 2 heterocycles. The van der Waals surface area contributed by atoms with Crippen molar-refractivity contribution in [2.75, 3.05) is 22.1 Å². The standard InChI is InChI=1S/C31H31N5O2/c1-18-5-6-21(29(38)33-24-10-11-26-28(15-24)36(19(2)37)17-31(26,3)4)14-25(18)20-7-12-27-22(13-20)16-32-30(35-27)34-23-8-9-23/h5-7,10-16,23H,8-9,17H2,1-4H3,(H,33,38)(H,32,34,35). The van der Waals surface area contributed by atoms with E-state index in [1.807, 2.05) is 61.7 Å². The van der Waals surface area contributed by atoms with Crippen molar-refractivity contribution in [2.45, 2.75) is 52.0 Å². The van der Waals surface area contributed by atoms with Crippen LogP contribution in [0.3, 0.4) is 0 Å². The first-order valence-electron chi connectivity index (χ1n) is 13.1. The molecule has 1 fully saturated rings. The van der Waals surface area contributed by atoms with Crippen LogP contribution >= 0.6 is 0 Å². The third-order valence-electron chi connectivity index (χ3n) is 7.51. The summed E-state index contributed by atoms with van der Waals surface area (Å²) in [6.07, 6.45) is 4.19. The summed E-state index contributed by atoms with van der Waals surface area (Å²) in [5, 5.41) is 7.32. The van der Waals surface area contributed by atoms with Crippen LogP contribution in [-0.4, -0.2) is 34.4 Å². The number of hydrogen-bond donors (Lipinski definition) is 2. The van der Waals surface area contributed by atoms with Gasteiger partial charge < -0.3 is 15.5 Å². The predicted molar refractivity (Wildman–Crippen MR) is 152 cm³/mol. The molecule has 0 atom stereocenters. The lowest BCUT2D eigenvalue weighted by atomic mass is 9.87. The predicted octanol–water partition coefficient (Wildman–Crippen LogP) is 6.08. The Labute approximate surface area is 222 Å². The molecule has 192 valence electrons. The zero-order valence-electron chi connectivity index (χ0n) is 22.1. The summed E-state index contributed by atoms with van der Waals surface area (Å²) in [5.74, 6) is 0.474. The molecule has 6 rings (SSSR count). The molecule has 2 amide bonds. The van der Waals surface area contributed by atoms with Gasteiger partial charge in [-0.2, -0.15) is 0 Å². The largest absolute Gasteiger partial charge is 0.351 e. The number of anilines is 3. The fourth-order valence-corrected chi connectivity index (χ4v) is 5.21. The van der Waals surface area contributed by atoms with Gasteiger partial charge in [0.1, 0.15) is 0 Å². The Balaban J connectivity index is 1.26. The molecule has 7 nitrogen and oxygen atoms in total. The molecule has 1 aliphatic carbocycles. The molecule has 1 aromatic heterocycles. The van der Waals surface area contributed by atoms with Crippen molar-refractivity contribution in [3.63, 3.8) is 0 Å². The maximum Gasteiger partial charge on any atom is 0.255 e. The lowest BCUT2D eigenvalue weighted by Crippen LogP contribution is -2.32. The van der Waals surface area contributed by atoms with E-state index in [4.69, 9.17) is 0 Å². The fraction of sp³-hybridized carbons (Fsp3) is 0.290. The van der Waals surface area contributed by atoms with E-state index in [1.165, 1.54) is 12.8 Å². The fourth-order valence-electron chi connectivity index (χ4n) is 5.21. The van der Waals surface area contributed by atoms with Crippen molar-refractivity contribution in [3.05, 3.63) is 77.5 Å². The van der Waals surface area contributed by atoms with Crippen LogP contribution in [0.5, 0.6) is 0 Å². The van der Waals surface area contributed by atoms with Crippen LogP contribution in [0, 0.1) is 6.92 Å². The number of amides is 2. The van der Waals surface area contributed by atoms with E-state index in [1.54, 1.807) is 11.8 Å². The van der Waals surface area contributed by atoms with Crippen LogP contribution in [0.4, 0.5) is 17.3 Å². The summed E-state index contributed by atoms with van der Waals surface area (Å²) in [6.45, 7) is 8.51. The summed E-state index contributed by atoms with van der Waals surface area (Å²) in [4.78, 5) is 36.4. The molecule has 3 aromatic carbocycles.